The highest BCUT2D eigenvalue weighted by Crippen LogP contribution is 2.17. The molecular formula is C13H16N4O2. The van der Waals surface area contributed by atoms with Gasteiger partial charge in [0.2, 0.25) is 0 Å². The molecule has 1 fully saturated rings. The van der Waals surface area contributed by atoms with Gasteiger partial charge >= 0.3 is 0 Å². The largest absolute Gasteiger partial charge is 0.504 e. The molecule has 0 aromatic carbocycles. The molecule has 0 unspecified atom stereocenters. The van der Waals surface area contributed by atoms with E-state index in [2.05, 4.69) is 10.3 Å². The number of carbonyl (C=O) groups excluding carboxylic acids is 1. The summed E-state index contributed by atoms with van der Waals surface area (Å²) in [6.45, 7) is 3.18. The maximum absolute atomic E-state index is 12.4. The molecule has 0 spiro atoms. The molecule has 6 heteroatoms. The quantitative estimate of drug-likeness (QED) is 0.782. The van der Waals surface area contributed by atoms with E-state index in [1.807, 2.05) is 0 Å². The lowest BCUT2D eigenvalue weighted by Crippen LogP contribution is -2.34. The van der Waals surface area contributed by atoms with Crippen LogP contribution in [0.25, 0.3) is 5.65 Å². The predicted molar refractivity (Wildman–Crippen MR) is 70.2 cm³/mol. The number of rotatable bonds is 1. The van der Waals surface area contributed by atoms with Gasteiger partial charge in [0, 0.05) is 32.0 Å². The van der Waals surface area contributed by atoms with Crippen molar-refractivity contribution in [2.75, 3.05) is 26.2 Å². The maximum Gasteiger partial charge on any atom is 0.274 e. The Balaban J connectivity index is 1.90. The molecule has 0 saturated carbocycles. The molecule has 2 aromatic heterocycles. The normalized spacial score (nSPS) is 16.5. The molecule has 0 aliphatic carbocycles. The number of amides is 1. The van der Waals surface area contributed by atoms with E-state index >= 15 is 0 Å². The maximum atomic E-state index is 12.4. The monoisotopic (exact) mass is 260 g/mol. The number of imidazole rings is 1. The van der Waals surface area contributed by atoms with Crippen LogP contribution in [-0.4, -0.2) is 51.5 Å². The number of fused-ring (bicyclic) bond motifs is 1. The molecule has 1 aliphatic heterocycles. The summed E-state index contributed by atoms with van der Waals surface area (Å²) < 4.78 is 1.67. The number of aromatic hydroxyl groups is 1. The summed E-state index contributed by atoms with van der Waals surface area (Å²) in [5, 5.41) is 13.0. The van der Waals surface area contributed by atoms with Crippen LogP contribution in [0.2, 0.25) is 0 Å². The Morgan fingerprint density at radius 1 is 1.37 bits per heavy atom. The summed E-state index contributed by atoms with van der Waals surface area (Å²) in [7, 11) is 0. The Kier molecular flexibility index (Phi) is 3.08. The highest BCUT2D eigenvalue weighted by atomic mass is 16.3. The van der Waals surface area contributed by atoms with Crippen molar-refractivity contribution in [3.63, 3.8) is 0 Å². The first-order valence-corrected chi connectivity index (χ1v) is 6.42. The lowest BCUT2D eigenvalue weighted by atomic mass is 10.3. The third-order valence-corrected chi connectivity index (χ3v) is 3.31. The first-order chi connectivity index (χ1) is 9.25. The second-order valence-corrected chi connectivity index (χ2v) is 4.65. The molecule has 19 heavy (non-hydrogen) atoms. The minimum Gasteiger partial charge on any atom is -0.504 e. The average Bonchev–Trinajstić information content (AvgIpc) is 2.67. The molecular weight excluding hydrogens is 244 g/mol. The van der Waals surface area contributed by atoms with Gasteiger partial charge in [0.15, 0.2) is 11.4 Å². The number of hydrogen-bond acceptors (Lipinski definition) is 4. The average molecular weight is 260 g/mol. The topological polar surface area (TPSA) is 69.9 Å². The van der Waals surface area contributed by atoms with Crippen molar-refractivity contribution in [2.45, 2.75) is 6.42 Å². The molecule has 3 rings (SSSR count). The van der Waals surface area contributed by atoms with Crippen molar-refractivity contribution in [3.8, 4) is 5.75 Å². The molecule has 1 aliphatic rings. The smallest absolute Gasteiger partial charge is 0.274 e. The van der Waals surface area contributed by atoms with E-state index in [1.165, 1.54) is 0 Å². The fourth-order valence-electron chi connectivity index (χ4n) is 2.31. The Hall–Kier alpha value is -2.08. The van der Waals surface area contributed by atoms with Crippen LogP contribution in [0.5, 0.6) is 5.75 Å². The van der Waals surface area contributed by atoms with E-state index in [-0.39, 0.29) is 11.7 Å². The molecule has 6 nitrogen and oxygen atoms in total. The summed E-state index contributed by atoms with van der Waals surface area (Å²) >= 11 is 0. The van der Waals surface area contributed by atoms with Gasteiger partial charge in [-0.25, -0.2) is 4.98 Å². The number of hydrogen-bond donors (Lipinski definition) is 2. The zero-order valence-corrected chi connectivity index (χ0v) is 10.5. The van der Waals surface area contributed by atoms with Gasteiger partial charge in [-0.1, -0.05) is 0 Å². The van der Waals surface area contributed by atoms with Gasteiger partial charge < -0.3 is 19.7 Å². The van der Waals surface area contributed by atoms with Crippen LogP contribution < -0.4 is 5.32 Å². The summed E-state index contributed by atoms with van der Waals surface area (Å²) in [5.41, 5.74) is 0.794. The third-order valence-electron chi connectivity index (χ3n) is 3.31. The van der Waals surface area contributed by atoms with E-state index in [9.17, 15) is 9.90 Å². The first kappa shape index (κ1) is 12.0. The van der Waals surface area contributed by atoms with Crippen molar-refractivity contribution >= 4 is 11.6 Å². The lowest BCUT2D eigenvalue weighted by Gasteiger charge is -2.18. The van der Waals surface area contributed by atoms with Crippen LogP contribution >= 0.6 is 0 Å². The lowest BCUT2D eigenvalue weighted by molar-refractivity contribution is 0.0761. The highest BCUT2D eigenvalue weighted by Gasteiger charge is 2.20. The van der Waals surface area contributed by atoms with E-state index in [0.29, 0.717) is 17.9 Å². The van der Waals surface area contributed by atoms with Crippen molar-refractivity contribution in [1.29, 1.82) is 0 Å². The number of nitrogens with one attached hydrogen (secondary N) is 1. The predicted octanol–water partition coefficient (Wildman–Crippen LogP) is 0.475. The summed E-state index contributed by atoms with van der Waals surface area (Å²) in [6, 6.07) is 3.28. The second-order valence-electron chi connectivity index (χ2n) is 4.65. The van der Waals surface area contributed by atoms with Gasteiger partial charge in [0.25, 0.3) is 5.91 Å². The van der Waals surface area contributed by atoms with Gasteiger partial charge in [0.05, 0.1) is 0 Å². The summed E-state index contributed by atoms with van der Waals surface area (Å²) in [4.78, 5) is 18.4. The van der Waals surface area contributed by atoms with Crippen LogP contribution in [0.15, 0.2) is 24.5 Å². The zero-order valence-electron chi connectivity index (χ0n) is 10.5. The molecule has 3 heterocycles. The number of nitrogens with zero attached hydrogens (tertiary/aromatic N) is 3. The van der Waals surface area contributed by atoms with Crippen LogP contribution in [0, 0.1) is 0 Å². The zero-order chi connectivity index (χ0) is 13.2. The Labute approximate surface area is 110 Å². The second kappa shape index (κ2) is 4.89. The Bertz CT molecular complexity index is 600. The van der Waals surface area contributed by atoms with Gasteiger partial charge in [-0.05, 0) is 25.1 Å². The van der Waals surface area contributed by atoms with Crippen LogP contribution in [-0.2, 0) is 0 Å². The number of carbonyl (C=O) groups is 1. The number of pyridine rings is 1. The van der Waals surface area contributed by atoms with Gasteiger partial charge in [0.1, 0.15) is 5.69 Å². The third kappa shape index (κ3) is 2.26. The minimum atomic E-state index is -0.0770. The van der Waals surface area contributed by atoms with Crippen LogP contribution in [0.1, 0.15) is 16.9 Å². The molecule has 1 saturated heterocycles. The fraction of sp³-hybridized carbons (Fsp3) is 0.385. The summed E-state index contributed by atoms with van der Waals surface area (Å²) in [5.74, 6) is 0.00545. The molecule has 1 amide bonds. The van der Waals surface area contributed by atoms with E-state index in [0.717, 1.165) is 26.1 Å². The van der Waals surface area contributed by atoms with Crippen LogP contribution in [0.4, 0.5) is 0 Å². The van der Waals surface area contributed by atoms with Crippen molar-refractivity contribution in [2.24, 2.45) is 0 Å². The highest BCUT2D eigenvalue weighted by molar-refractivity contribution is 5.93. The number of aromatic nitrogens is 2. The molecule has 100 valence electrons. The SMILES string of the molecule is O=C(c1cn2cccc(O)c2n1)N1CCCNCC1. The standard InChI is InChI=1S/C13H16N4O2/c18-11-3-1-6-17-9-10(15-12(11)17)13(19)16-7-2-4-14-5-8-16/h1,3,6,9,14,18H,2,4-5,7-8H2. The summed E-state index contributed by atoms with van der Waals surface area (Å²) in [6.07, 6.45) is 4.38. The first-order valence-electron chi connectivity index (χ1n) is 6.42. The van der Waals surface area contributed by atoms with Crippen molar-refractivity contribution in [1.82, 2.24) is 19.6 Å². The van der Waals surface area contributed by atoms with Gasteiger partial charge in [-0.2, -0.15) is 0 Å². The molecule has 2 N–H and O–H groups in total. The fourth-order valence-corrected chi connectivity index (χ4v) is 2.31. The minimum absolute atomic E-state index is 0.0770. The van der Waals surface area contributed by atoms with E-state index < -0.39 is 0 Å². The van der Waals surface area contributed by atoms with E-state index in [4.69, 9.17) is 0 Å². The van der Waals surface area contributed by atoms with Gasteiger partial charge in [-0.3, -0.25) is 4.79 Å². The molecule has 0 radical (unpaired) electrons. The Morgan fingerprint density at radius 2 is 2.26 bits per heavy atom. The van der Waals surface area contributed by atoms with Crippen molar-refractivity contribution in [3.05, 3.63) is 30.2 Å². The van der Waals surface area contributed by atoms with Gasteiger partial charge in [-0.15, -0.1) is 0 Å². The molecule has 0 bridgehead atoms. The van der Waals surface area contributed by atoms with Crippen molar-refractivity contribution < 1.29 is 9.90 Å². The van der Waals surface area contributed by atoms with E-state index in [1.54, 1.807) is 33.8 Å². The molecule has 2 aromatic rings. The Morgan fingerprint density at radius 3 is 3.11 bits per heavy atom. The van der Waals surface area contributed by atoms with Crippen LogP contribution in [0.3, 0.4) is 0 Å². The molecule has 0 atom stereocenters.